The highest BCUT2D eigenvalue weighted by molar-refractivity contribution is 4.56. The van der Waals surface area contributed by atoms with Gasteiger partial charge in [-0.25, -0.2) is 0 Å². The summed E-state index contributed by atoms with van der Waals surface area (Å²) < 4.78 is 0. The third-order valence-electron chi connectivity index (χ3n) is 2.24. The topological polar surface area (TPSA) is 60.1 Å². The standard InChI is InChI=1S/C11H29N5/c1-3-13-6-7-15-10-11-16-9-8-14-5-4-12-2/h12-16H,3-11H2,1-2H3. The van der Waals surface area contributed by atoms with Crippen LogP contribution in [0, 0.1) is 0 Å². The van der Waals surface area contributed by atoms with Gasteiger partial charge in [0.2, 0.25) is 0 Å². The largest absolute Gasteiger partial charge is 0.318 e. The number of nitrogens with one attached hydrogen (secondary N) is 5. The number of rotatable bonds is 13. The van der Waals surface area contributed by atoms with Crippen LogP contribution in [0.4, 0.5) is 0 Å². The van der Waals surface area contributed by atoms with Gasteiger partial charge in [0.15, 0.2) is 0 Å². The Morgan fingerprint density at radius 3 is 1.31 bits per heavy atom. The molecule has 0 atom stereocenters. The van der Waals surface area contributed by atoms with Crippen molar-refractivity contribution >= 4 is 0 Å². The van der Waals surface area contributed by atoms with E-state index in [2.05, 4.69) is 33.5 Å². The van der Waals surface area contributed by atoms with Crippen LogP contribution in [0.25, 0.3) is 0 Å². The molecule has 98 valence electrons. The van der Waals surface area contributed by atoms with Crippen molar-refractivity contribution in [2.45, 2.75) is 6.92 Å². The van der Waals surface area contributed by atoms with E-state index in [0.29, 0.717) is 0 Å². The third kappa shape index (κ3) is 13.8. The van der Waals surface area contributed by atoms with E-state index in [1.807, 2.05) is 7.05 Å². The second-order valence-electron chi connectivity index (χ2n) is 3.71. The Hall–Kier alpha value is -0.200. The fourth-order valence-corrected chi connectivity index (χ4v) is 1.30. The van der Waals surface area contributed by atoms with Gasteiger partial charge in [-0.15, -0.1) is 0 Å². The van der Waals surface area contributed by atoms with Crippen molar-refractivity contribution in [3.63, 3.8) is 0 Å². The van der Waals surface area contributed by atoms with Gasteiger partial charge in [-0.05, 0) is 13.6 Å². The Kier molecular flexibility index (Phi) is 14.6. The van der Waals surface area contributed by atoms with E-state index < -0.39 is 0 Å². The average molecular weight is 231 g/mol. The van der Waals surface area contributed by atoms with Gasteiger partial charge in [-0.3, -0.25) is 0 Å². The molecule has 5 nitrogen and oxygen atoms in total. The van der Waals surface area contributed by atoms with E-state index in [1.165, 1.54) is 0 Å². The molecule has 0 aliphatic rings. The summed E-state index contributed by atoms with van der Waals surface area (Å²) >= 11 is 0. The Morgan fingerprint density at radius 2 is 0.938 bits per heavy atom. The van der Waals surface area contributed by atoms with Crippen LogP contribution >= 0.6 is 0 Å². The Balaban J connectivity index is 2.83. The van der Waals surface area contributed by atoms with Gasteiger partial charge >= 0.3 is 0 Å². The molecule has 0 heterocycles. The van der Waals surface area contributed by atoms with Crippen molar-refractivity contribution in [3.05, 3.63) is 0 Å². The zero-order chi connectivity index (χ0) is 11.9. The zero-order valence-electron chi connectivity index (χ0n) is 10.9. The highest BCUT2D eigenvalue weighted by atomic mass is 15.0. The van der Waals surface area contributed by atoms with Crippen molar-refractivity contribution < 1.29 is 0 Å². The molecule has 0 radical (unpaired) electrons. The fourth-order valence-electron chi connectivity index (χ4n) is 1.30. The molecule has 0 saturated carbocycles. The first kappa shape index (κ1) is 15.8. The molecular formula is C11H29N5. The van der Waals surface area contributed by atoms with Crippen LogP contribution < -0.4 is 26.6 Å². The molecule has 5 N–H and O–H groups in total. The van der Waals surface area contributed by atoms with Gasteiger partial charge in [-0.2, -0.15) is 0 Å². The summed E-state index contributed by atoms with van der Waals surface area (Å²) in [6.45, 7) is 11.5. The van der Waals surface area contributed by atoms with Gasteiger partial charge in [0.25, 0.3) is 0 Å². The maximum Gasteiger partial charge on any atom is 0.00772 e. The fraction of sp³-hybridized carbons (Fsp3) is 1.00. The first-order valence-electron chi connectivity index (χ1n) is 6.39. The first-order chi connectivity index (χ1) is 7.91. The van der Waals surface area contributed by atoms with Crippen LogP contribution in [0.3, 0.4) is 0 Å². The molecule has 0 unspecified atom stereocenters. The monoisotopic (exact) mass is 231 g/mol. The first-order valence-corrected chi connectivity index (χ1v) is 6.39. The zero-order valence-corrected chi connectivity index (χ0v) is 10.9. The highest BCUT2D eigenvalue weighted by Gasteiger charge is 1.88. The van der Waals surface area contributed by atoms with Crippen LogP contribution in [-0.4, -0.2) is 66.0 Å². The summed E-state index contributed by atoms with van der Waals surface area (Å²) in [5, 5.41) is 16.5. The molecule has 0 spiro atoms. The van der Waals surface area contributed by atoms with Crippen molar-refractivity contribution in [2.24, 2.45) is 0 Å². The average Bonchev–Trinajstić information content (AvgIpc) is 2.31. The van der Waals surface area contributed by atoms with Crippen LogP contribution in [0.1, 0.15) is 6.92 Å². The molecule has 0 aliphatic heterocycles. The smallest absolute Gasteiger partial charge is 0.00772 e. The lowest BCUT2D eigenvalue weighted by molar-refractivity contribution is 0.566. The lowest BCUT2D eigenvalue weighted by Crippen LogP contribution is -2.36. The van der Waals surface area contributed by atoms with Gasteiger partial charge in [0.1, 0.15) is 0 Å². The Labute approximate surface area is 100 Å². The molecule has 5 heteroatoms. The second kappa shape index (κ2) is 14.8. The second-order valence-corrected chi connectivity index (χ2v) is 3.71. The maximum atomic E-state index is 3.39. The summed E-state index contributed by atoms with van der Waals surface area (Å²) in [5.41, 5.74) is 0. The normalized spacial score (nSPS) is 10.9. The summed E-state index contributed by atoms with van der Waals surface area (Å²) in [6.07, 6.45) is 0. The van der Waals surface area contributed by atoms with E-state index in [-0.39, 0.29) is 0 Å². The molecule has 0 rings (SSSR count). The van der Waals surface area contributed by atoms with Gasteiger partial charge in [0.05, 0.1) is 0 Å². The Bertz CT molecular complexity index is 107. The van der Waals surface area contributed by atoms with Gasteiger partial charge in [0, 0.05) is 52.4 Å². The minimum absolute atomic E-state index is 1.03. The third-order valence-corrected chi connectivity index (χ3v) is 2.24. The molecule has 0 bridgehead atoms. The lowest BCUT2D eigenvalue weighted by Gasteiger charge is -2.07. The van der Waals surface area contributed by atoms with Gasteiger partial charge < -0.3 is 26.6 Å². The summed E-state index contributed by atoms with van der Waals surface area (Å²) in [4.78, 5) is 0. The minimum Gasteiger partial charge on any atom is -0.318 e. The van der Waals surface area contributed by atoms with E-state index >= 15 is 0 Å². The molecule has 0 amide bonds. The number of likely N-dealkylation sites (N-methyl/N-ethyl adjacent to an activating group) is 2. The SMILES string of the molecule is CCNCCNCCNCCNCCNC. The van der Waals surface area contributed by atoms with Crippen molar-refractivity contribution in [2.75, 3.05) is 66.0 Å². The van der Waals surface area contributed by atoms with Crippen molar-refractivity contribution in [1.29, 1.82) is 0 Å². The highest BCUT2D eigenvalue weighted by Crippen LogP contribution is 1.63. The summed E-state index contributed by atoms with van der Waals surface area (Å²) in [5.74, 6) is 0. The van der Waals surface area contributed by atoms with Crippen molar-refractivity contribution in [1.82, 2.24) is 26.6 Å². The molecule has 0 fully saturated rings. The van der Waals surface area contributed by atoms with Crippen LogP contribution in [-0.2, 0) is 0 Å². The lowest BCUT2D eigenvalue weighted by atomic mass is 10.5. The molecular weight excluding hydrogens is 202 g/mol. The molecule has 16 heavy (non-hydrogen) atoms. The number of hydrogen-bond donors (Lipinski definition) is 5. The molecule has 0 aliphatic carbocycles. The van der Waals surface area contributed by atoms with Crippen LogP contribution in [0.5, 0.6) is 0 Å². The van der Waals surface area contributed by atoms with E-state index in [0.717, 1.165) is 58.9 Å². The maximum absolute atomic E-state index is 3.39. The number of hydrogen-bond acceptors (Lipinski definition) is 5. The van der Waals surface area contributed by atoms with Gasteiger partial charge in [-0.1, -0.05) is 6.92 Å². The molecule has 0 aromatic carbocycles. The van der Waals surface area contributed by atoms with Crippen LogP contribution in [0.15, 0.2) is 0 Å². The summed E-state index contributed by atoms with van der Waals surface area (Å²) in [7, 11) is 1.97. The molecule has 0 saturated heterocycles. The molecule has 0 aromatic rings. The predicted molar refractivity (Wildman–Crippen MR) is 71.1 cm³/mol. The van der Waals surface area contributed by atoms with E-state index in [4.69, 9.17) is 0 Å². The van der Waals surface area contributed by atoms with Crippen molar-refractivity contribution in [3.8, 4) is 0 Å². The minimum atomic E-state index is 1.03. The van der Waals surface area contributed by atoms with E-state index in [1.54, 1.807) is 0 Å². The van der Waals surface area contributed by atoms with Crippen LogP contribution in [0.2, 0.25) is 0 Å². The quantitative estimate of drug-likeness (QED) is 0.252. The molecule has 0 aromatic heterocycles. The summed E-state index contributed by atoms with van der Waals surface area (Å²) in [6, 6.07) is 0. The predicted octanol–water partition coefficient (Wildman–Crippen LogP) is -1.42. The Morgan fingerprint density at radius 1 is 0.562 bits per heavy atom. The van der Waals surface area contributed by atoms with E-state index in [9.17, 15) is 0 Å².